The lowest BCUT2D eigenvalue weighted by atomic mass is 9.99. The van der Waals surface area contributed by atoms with Crippen LogP contribution in [-0.2, 0) is 9.59 Å². The van der Waals surface area contributed by atoms with E-state index in [1.54, 1.807) is 36.4 Å². The van der Waals surface area contributed by atoms with Crippen LogP contribution in [0.2, 0.25) is 0 Å². The van der Waals surface area contributed by atoms with E-state index >= 15 is 0 Å². The van der Waals surface area contributed by atoms with Crippen molar-refractivity contribution in [3.05, 3.63) is 60.0 Å². The number of ether oxygens (including phenoxy) is 2. The Balaban J connectivity index is 2.16. The lowest BCUT2D eigenvalue weighted by Gasteiger charge is -2.24. The Kier molecular flexibility index (Phi) is 4.38. The minimum absolute atomic E-state index is 0.0251. The number of hydrogen-bond acceptors (Lipinski definition) is 6. The van der Waals surface area contributed by atoms with Crippen LogP contribution in [0.5, 0.6) is 11.5 Å². The summed E-state index contributed by atoms with van der Waals surface area (Å²) in [6.07, 6.45) is 2.20. The van der Waals surface area contributed by atoms with Crippen LogP contribution in [0.15, 0.2) is 54.4 Å². The summed E-state index contributed by atoms with van der Waals surface area (Å²) in [5.74, 6) is -0.241. The van der Waals surface area contributed by atoms with Gasteiger partial charge < -0.3 is 14.6 Å². The first-order chi connectivity index (χ1) is 12.1. The number of pyridine rings is 1. The molecule has 0 radical (unpaired) electrons. The molecule has 1 atom stereocenters. The molecule has 1 aromatic heterocycles. The summed E-state index contributed by atoms with van der Waals surface area (Å²) >= 11 is 0. The van der Waals surface area contributed by atoms with E-state index in [1.165, 1.54) is 25.3 Å². The van der Waals surface area contributed by atoms with Gasteiger partial charge in [-0.05, 0) is 29.8 Å². The maximum Gasteiger partial charge on any atom is 0.301 e. The average Bonchev–Trinajstić information content (AvgIpc) is 2.92. The largest absolute Gasteiger partial charge is 0.515 e. The summed E-state index contributed by atoms with van der Waals surface area (Å²) in [4.78, 5) is 30.2. The highest BCUT2D eigenvalue weighted by Gasteiger charge is 2.45. The van der Waals surface area contributed by atoms with Gasteiger partial charge in [0.15, 0.2) is 11.5 Å². The Morgan fingerprint density at radius 1 is 1.12 bits per heavy atom. The van der Waals surface area contributed by atoms with E-state index < -0.39 is 17.7 Å². The average molecular weight is 340 g/mol. The molecular weight excluding hydrogens is 324 g/mol. The predicted molar refractivity (Wildman–Crippen MR) is 89.7 cm³/mol. The van der Waals surface area contributed by atoms with E-state index in [1.807, 2.05) is 0 Å². The Hall–Kier alpha value is -3.35. The van der Waals surface area contributed by atoms with Gasteiger partial charge >= 0.3 is 5.91 Å². The number of aliphatic hydroxyl groups excluding tert-OH is 1. The highest BCUT2D eigenvalue weighted by atomic mass is 16.5. The first-order valence-electron chi connectivity index (χ1n) is 7.47. The smallest absolute Gasteiger partial charge is 0.301 e. The molecule has 3 rings (SSSR count). The molecule has 1 aromatic carbocycles. The van der Waals surface area contributed by atoms with E-state index in [2.05, 4.69) is 4.98 Å². The highest BCUT2D eigenvalue weighted by molar-refractivity contribution is 6.50. The second kappa shape index (κ2) is 6.64. The van der Waals surface area contributed by atoms with Crippen LogP contribution in [0.4, 0.5) is 5.82 Å². The van der Waals surface area contributed by atoms with Crippen molar-refractivity contribution in [1.29, 1.82) is 0 Å². The van der Waals surface area contributed by atoms with Gasteiger partial charge in [-0.1, -0.05) is 12.1 Å². The fourth-order valence-corrected chi connectivity index (χ4v) is 2.83. The summed E-state index contributed by atoms with van der Waals surface area (Å²) in [7, 11) is 3.01. The molecule has 1 aliphatic heterocycles. The molecule has 0 spiro atoms. The van der Waals surface area contributed by atoms with Gasteiger partial charge in [0.2, 0.25) is 0 Å². The normalized spacial score (nSPS) is 18.7. The van der Waals surface area contributed by atoms with Crippen LogP contribution in [0, 0.1) is 0 Å². The van der Waals surface area contributed by atoms with Crippen LogP contribution >= 0.6 is 0 Å². The molecule has 0 aliphatic carbocycles. The summed E-state index contributed by atoms with van der Waals surface area (Å²) in [6, 6.07) is 9.28. The summed E-state index contributed by atoms with van der Waals surface area (Å²) in [5, 5.41) is 9.54. The predicted octanol–water partition coefficient (Wildman–Crippen LogP) is 2.20. The minimum atomic E-state index is -0.806. The molecule has 1 amide bonds. The first kappa shape index (κ1) is 16.5. The standard InChI is InChI=1S/C18H16N2O5/c1-24-13-7-6-11(9-14(13)25-2)16-12(10-21)17(22)18(23)20(16)15-5-3-4-8-19-15/h3-10,16,21H,1-2H3. The number of amides is 1. The summed E-state index contributed by atoms with van der Waals surface area (Å²) < 4.78 is 10.5. The van der Waals surface area contributed by atoms with Gasteiger partial charge in [0.25, 0.3) is 5.78 Å². The number of methoxy groups -OCH3 is 2. The van der Waals surface area contributed by atoms with E-state index in [9.17, 15) is 14.7 Å². The van der Waals surface area contributed by atoms with Crippen molar-refractivity contribution in [2.45, 2.75) is 6.04 Å². The molecule has 0 bridgehead atoms. The van der Waals surface area contributed by atoms with Crippen LogP contribution in [-0.4, -0.2) is 36.0 Å². The number of carbonyl (C=O) groups excluding carboxylic acids is 2. The Bertz CT molecular complexity index is 848. The third-order valence-corrected chi connectivity index (χ3v) is 3.99. The molecule has 7 heteroatoms. The summed E-state index contributed by atoms with van der Waals surface area (Å²) in [6.45, 7) is 0. The number of nitrogens with zero attached hydrogens (tertiary/aromatic N) is 2. The van der Waals surface area contributed by atoms with Gasteiger partial charge in [-0.15, -0.1) is 0 Å². The van der Waals surface area contributed by atoms with Crippen molar-refractivity contribution in [2.75, 3.05) is 19.1 Å². The Morgan fingerprint density at radius 3 is 2.48 bits per heavy atom. The topological polar surface area (TPSA) is 89.0 Å². The van der Waals surface area contributed by atoms with Crippen molar-refractivity contribution in [3.63, 3.8) is 0 Å². The number of anilines is 1. The molecule has 0 saturated carbocycles. The SMILES string of the molecule is COc1ccc(C2C(=CO)C(=O)C(=O)N2c2ccccn2)cc1OC. The molecule has 1 aliphatic rings. The number of Topliss-reactive ketones (excluding diaryl/α,β-unsaturated/α-hetero) is 1. The van der Waals surface area contributed by atoms with E-state index in [0.717, 1.165) is 0 Å². The zero-order valence-corrected chi connectivity index (χ0v) is 13.7. The molecule has 25 heavy (non-hydrogen) atoms. The maximum atomic E-state index is 12.5. The number of hydrogen-bond donors (Lipinski definition) is 1. The maximum absolute atomic E-state index is 12.5. The van der Waals surface area contributed by atoms with Crippen molar-refractivity contribution in [2.24, 2.45) is 0 Å². The van der Waals surface area contributed by atoms with Gasteiger partial charge in [-0.25, -0.2) is 4.98 Å². The number of benzene rings is 1. The molecule has 1 unspecified atom stereocenters. The second-order valence-corrected chi connectivity index (χ2v) is 5.29. The molecule has 7 nitrogen and oxygen atoms in total. The van der Waals surface area contributed by atoms with Gasteiger partial charge in [-0.3, -0.25) is 14.5 Å². The number of ketones is 1. The number of aromatic nitrogens is 1. The lowest BCUT2D eigenvalue weighted by molar-refractivity contribution is -0.132. The molecule has 1 fully saturated rings. The van der Waals surface area contributed by atoms with Gasteiger partial charge in [0, 0.05) is 6.20 Å². The summed E-state index contributed by atoms with van der Waals surface area (Å²) in [5.41, 5.74) is 0.561. The number of carbonyl (C=O) groups is 2. The zero-order valence-electron chi connectivity index (χ0n) is 13.7. The van der Waals surface area contributed by atoms with E-state index in [4.69, 9.17) is 9.47 Å². The molecular formula is C18H16N2O5. The fourth-order valence-electron chi connectivity index (χ4n) is 2.83. The fraction of sp³-hybridized carbons (Fsp3) is 0.167. The van der Waals surface area contributed by atoms with Crippen LogP contribution in [0.3, 0.4) is 0 Å². The van der Waals surface area contributed by atoms with Crippen LogP contribution < -0.4 is 14.4 Å². The van der Waals surface area contributed by atoms with Gasteiger partial charge in [-0.2, -0.15) is 0 Å². The Labute approximate surface area is 144 Å². The molecule has 2 aromatic rings. The van der Waals surface area contributed by atoms with Gasteiger partial charge in [0.05, 0.1) is 32.1 Å². The molecule has 128 valence electrons. The third-order valence-electron chi connectivity index (χ3n) is 3.99. The van der Waals surface area contributed by atoms with Gasteiger partial charge in [0.1, 0.15) is 5.82 Å². The second-order valence-electron chi connectivity index (χ2n) is 5.29. The monoisotopic (exact) mass is 340 g/mol. The van der Waals surface area contributed by atoms with Crippen LogP contribution in [0.1, 0.15) is 11.6 Å². The highest BCUT2D eigenvalue weighted by Crippen LogP contribution is 2.40. The van der Waals surface area contributed by atoms with E-state index in [0.29, 0.717) is 29.1 Å². The lowest BCUT2D eigenvalue weighted by Crippen LogP contribution is -2.30. The molecule has 2 heterocycles. The van der Waals surface area contributed by atoms with E-state index in [-0.39, 0.29) is 5.57 Å². The molecule has 1 saturated heterocycles. The number of rotatable bonds is 4. The first-order valence-corrected chi connectivity index (χ1v) is 7.47. The Morgan fingerprint density at radius 2 is 1.88 bits per heavy atom. The minimum Gasteiger partial charge on any atom is -0.515 e. The van der Waals surface area contributed by atoms with Crippen molar-refractivity contribution < 1.29 is 24.2 Å². The third kappa shape index (κ3) is 2.69. The van der Waals surface area contributed by atoms with Crippen molar-refractivity contribution in [3.8, 4) is 11.5 Å². The number of aliphatic hydroxyl groups is 1. The van der Waals surface area contributed by atoms with Crippen molar-refractivity contribution in [1.82, 2.24) is 4.98 Å². The van der Waals surface area contributed by atoms with Crippen LogP contribution in [0.25, 0.3) is 0 Å². The quantitative estimate of drug-likeness (QED) is 0.521. The zero-order chi connectivity index (χ0) is 18.0. The molecule has 1 N–H and O–H groups in total. The van der Waals surface area contributed by atoms with Crippen molar-refractivity contribution >= 4 is 17.5 Å².